The molecule has 0 nitrogen and oxygen atoms in total. The van der Waals surface area contributed by atoms with E-state index in [0.717, 1.165) is 0 Å². The summed E-state index contributed by atoms with van der Waals surface area (Å²) in [4.78, 5) is 0. The Hall–Kier alpha value is -2.19. The van der Waals surface area contributed by atoms with E-state index in [1.807, 2.05) is 0 Å². The van der Waals surface area contributed by atoms with Gasteiger partial charge in [-0.2, -0.15) is 0 Å². The van der Waals surface area contributed by atoms with Crippen molar-refractivity contribution in [3.63, 3.8) is 0 Å². The first-order valence-corrected chi connectivity index (χ1v) is 9.97. The van der Waals surface area contributed by atoms with Crippen LogP contribution in [-0.2, 0) is 21.7 Å². The van der Waals surface area contributed by atoms with Crippen molar-refractivity contribution in [3.05, 3.63) is 127 Å². The Morgan fingerprint density at radius 2 is 0.576 bits per heavy atom. The number of hydrogen-bond donors (Lipinski definition) is 0. The third kappa shape index (κ3) is 6.04. The summed E-state index contributed by atoms with van der Waals surface area (Å²) in [6, 6.07) is 45.2. The van der Waals surface area contributed by atoms with Crippen LogP contribution in [0.5, 0.6) is 0 Å². The van der Waals surface area contributed by atoms with Crippen LogP contribution in [-0.4, -0.2) is 0 Å². The van der Waals surface area contributed by atoms with E-state index in [2.05, 4.69) is 127 Å². The van der Waals surface area contributed by atoms with E-state index in [9.17, 15) is 0 Å². The minimum atomic E-state index is 0. The van der Waals surface area contributed by atoms with Crippen LogP contribution in [0.15, 0.2) is 127 Å². The van der Waals surface area contributed by atoms with Gasteiger partial charge in [0.2, 0.25) is 0 Å². The standard InChI is InChI=1S/C29H21.3ClH.Ti/c1-5-13-22(14-6-1)26-21-27(23-15-7-2-8-16-23)29(25-19-11-4-12-20-25)28(26)24-17-9-3-10-18-24;;;;/h1-21H;3*1H;/q-1;;;;+4/p-3. The van der Waals surface area contributed by atoms with Crippen molar-refractivity contribution >= 4 is 0 Å². The van der Waals surface area contributed by atoms with E-state index in [1.54, 1.807) is 0 Å². The minimum absolute atomic E-state index is 0. The zero-order chi connectivity index (χ0) is 19.5. The average molecular weight is 524 g/mol. The van der Waals surface area contributed by atoms with Crippen molar-refractivity contribution in [2.24, 2.45) is 0 Å². The van der Waals surface area contributed by atoms with Crippen LogP contribution in [0.2, 0.25) is 0 Å². The number of benzene rings is 4. The second kappa shape index (κ2) is 13.5. The molecule has 4 heteroatoms. The Bertz CT molecular complexity index is 1120. The maximum atomic E-state index is 2.36. The molecule has 5 rings (SSSR count). The molecule has 0 radical (unpaired) electrons. The molecular formula is C29H21Cl3Ti. The van der Waals surface area contributed by atoms with Crippen LogP contribution in [0, 0.1) is 0 Å². The summed E-state index contributed by atoms with van der Waals surface area (Å²) < 4.78 is 0. The fourth-order valence-corrected chi connectivity index (χ4v) is 4.06. The first-order valence-electron chi connectivity index (χ1n) is 9.97. The molecule has 0 atom stereocenters. The van der Waals surface area contributed by atoms with Gasteiger partial charge >= 0.3 is 21.7 Å². The maximum Gasteiger partial charge on any atom is 4.00 e. The second-order valence-electron chi connectivity index (χ2n) is 7.19. The third-order valence-electron chi connectivity index (χ3n) is 5.37. The van der Waals surface area contributed by atoms with Gasteiger partial charge in [-0.25, -0.2) is 0 Å². The van der Waals surface area contributed by atoms with E-state index in [4.69, 9.17) is 0 Å². The maximum absolute atomic E-state index is 2.36. The Morgan fingerprint density at radius 1 is 0.333 bits per heavy atom. The Kier molecular flexibility index (Phi) is 11.8. The first-order chi connectivity index (χ1) is 14.4. The molecule has 0 N–H and O–H groups in total. The van der Waals surface area contributed by atoms with Crippen LogP contribution >= 0.6 is 0 Å². The Balaban J connectivity index is 0.00000136. The van der Waals surface area contributed by atoms with E-state index in [1.165, 1.54) is 44.5 Å². The van der Waals surface area contributed by atoms with Gasteiger partial charge in [0.25, 0.3) is 0 Å². The number of hydrogen-bond acceptors (Lipinski definition) is 0. The van der Waals surface area contributed by atoms with Gasteiger partial charge in [0.15, 0.2) is 0 Å². The molecule has 5 aromatic rings. The summed E-state index contributed by atoms with van der Waals surface area (Å²) in [5, 5.41) is 0. The van der Waals surface area contributed by atoms with Gasteiger partial charge in [-0.1, -0.05) is 144 Å². The van der Waals surface area contributed by atoms with Crippen molar-refractivity contribution in [2.75, 3.05) is 0 Å². The van der Waals surface area contributed by atoms with Gasteiger partial charge < -0.3 is 37.2 Å². The monoisotopic (exact) mass is 522 g/mol. The van der Waals surface area contributed by atoms with Crippen molar-refractivity contribution in [1.82, 2.24) is 0 Å². The molecule has 0 bridgehead atoms. The Morgan fingerprint density at radius 3 is 0.848 bits per heavy atom. The summed E-state index contributed by atoms with van der Waals surface area (Å²) in [7, 11) is 0. The predicted molar refractivity (Wildman–Crippen MR) is 124 cm³/mol. The summed E-state index contributed by atoms with van der Waals surface area (Å²) in [5.74, 6) is 0. The largest absolute Gasteiger partial charge is 4.00 e. The van der Waals surface area contributed by atoms with E-state index < -0.39 is 0 Å². The number of rotatable bonds is 4. The van der Waals surface area contributed by atoms with Crippen molar-refractivity contribution in [2.45, 2.75) is 0 Å². The molecule has 0 saturated carbocycles. The van der Waals surface area contributed by atoms with Crippen molar-refractivity contribution < 1.29 is 58.9 Å². The molecule has 0 aliphatic heterocycles. The van der Waals surface area contributed by atoms with E-state index >= 15 is 0 Å². The number of halogens is 3. The van der Waals surface area contributed by atoms with Gasteiger partial charge in [0.05, 0.1) is 0 Å². The predicted octanol–water partition coefficient (Wildman–Crippen LogP) is -0.917. The van der Waals surface area contributed by atoms with Crippen molar-refractivity contribution in [1.29, 1.82) is 0 Å². The van der Waals surface area contributed by atoms with Gasteiger partial charge in [0, 0.05) is 0 Å². The fraction of sp³-hybridized carbons (Fsp3) is 0. The van der Waals surface area contributed by atoms with Gasteiger partial charge in [-0.3, -0.25) is 0 Å². The quantitative estimate of drug-likeness (QED) is 0.211. The van der Waals surface area contributed by atoms with Crippen LogP contribution in [0.3, 0.4) is 0 Å². The Labute approximate surface area is 229 Å². The van der Waals surface area contributed by atoms with E-state index in [0.29, 0.717) is 0 Å². The minimum Gasteiger partial charge on any atom is -1.00 e. The second-order valence-corrected chi connectivity index (χ2v) is 7.19. The topological polar surface area (TPSA) is 0 Å². The fourth-order valence-electron chi connectivity index (χ4n) is 4.06. The summed E-state index contributed by atoms with van der Waals surface area (Å²) in [6.45, 7) is 0. The molecule has 33 heavy (non-hydrogen) atoms. The van der Waals surface area contributed by atoms with Crippen LogP contribution in [0.4, 0.5) is 0 Å². The van der Waals surface area contributed by atoms with Gasteiger partial charge in [0.1, 0.15) is 0 Å². The average Bonchev–Trinajstić information content (AvgIpc) is 3.22. The molecular weight excluding hydrogens is 503 g/mol. The zero-order valence-electron chi connectivity index (χ0n) is 17.8. The molecule has 0 spiro atoms. The first kappa shape index (κ1) is 28.8. The van der Waals surface area contributed by atoms with Crippen molar-refractivity contribution in [3.8, 4) is 44.5 Å². The molecule has 162 valence electrons. The molecule has 0 fully saturated rings. The summed E-state index contributed by atoms with van der Waals surface area (Å²) >= 11 is 0. The third-order valence-corrected chi connectivity index (χ3v) is 5.37. The normalized spacial score (nSPS) is 9.45. The zero-order valence-corrected chi connectivity index (χ0v) is 21.6. The molecule has 0 heterocycles. The summed E-state index contributed by atoms with van der Waals surface area (Å²) in [6.07, 6.45) is 0. The van der Waals surface area contributed by atoms with E-state index in [-0.39, 0.29) is 58.9 Å². The molecule has 0 aliphatic rings. The molecule has 0 saturated heterocycles. The van der Waals surface area contributed by atoms with Crippen LogP contribution in [0.1, 0.15) is 0 Å². The van der Waals surface area contributed by atoms with Gasteiger partial charge in [-0.05, 0) is 0 Å². The van der Waals surface area contributed by atoms with Gasteiger partial charge in [-0.15, -0.1) is 28.3 Å². The molecule has 0 unspecified atom stereocenters. The summed E-state index contributed by atoms with van der Waals surface area (Å²) in [5.41, 5.74) is 10.1. The van der Waals surface area contributed by atoms with Crippen LogP contribution < -0.4 is 37.2 Å². The smallest absolute Gasteiger partial charge is 1.00 e. The SMILES string of the molecule is [Cl-].[Cl-].[Cl-].[Ti+4].c1ccc(-c2[cH-]c(-c3ccccc3)c(-c3ccccc3)c2-c2ccccc2)cc1. The molecule has 0 aliphatic carbocycles. The van der Waals surface area contributed by atoms with Crippen LogP contribution in [0.25, 0.3) is 44.5 Å². The molecule has 0 aromatic heterocycles. The molecule has 5 aromatic carbocycles. The molecule has 0 amide bonds.